The minimum absolute atomic E-state index is 0.0190. The van der Waals surface area contributed by atoms with Crippen molar-refractivity contribution in [2.24, 2.45) is 0 Å². The van der Waals surface area contributed by atoms with E-state index in [-0.39, 0.29) is 23.5 Å². The molecule has 4 N–H and O–H groups in total. The smallest absolute Gasteiger partial charge is 0.339 e. The maximum Gasteiger partial charge on any atom is 0.339 e. The summed E-state index contributed by atoms with van der Waals surface area (Å²) in [6.07, 6.45) is -0.652. The van der Waals surface area contributed by atoms with Gasteiger partial charge in [-0.05, 0) is 60.7 Å². The molecule has 0 heterocycles. The van der Waals surface area contributed by atoms with E-state index in [0.29, 0.717) is 17.7 Å². The summed E-state index contributed by atoms with van der Waals surface area (Å²) in [6, 6.07) is 27.2. The Morgan fingerprint density at radius 1 is 0.947 bits per heavy atom. The molecule has 38 heavy (non-hydrogen) atoms. The monoisotopic (exact) mass is 513 g/mol. The van der Waals surface area contributed by atoms with E-state index in [0.717, 1.165) is 12.0 Å². The number of fused-ring (bicyclic) bond motifs is 1. The number of carboxylic acid groups (broad SMARTS) is 1. The van der Waals surface area contributed by atoms with Crippen LogP contribution in [0.5, 0.6) is 5.75 Å². The van der Waals surface area contributed by atoms with Crippen LogP contribution in [0.25, 0.3) is 21.9 Å². The highest BCUT2D eigenvalue weighted by Gasteiger charge is 2.24. The molecule has 0 spiro atoms. The Hall–Kier alpha value is -3.71. The van der Waals surface area contributed by atoms with Crippen molar-refractivity contribution in [1.82, 2.24) is 5.32 Å². The Labute approximate surface area is 223 Å². The predicted molar refractivity (Wildman–Crippen MR) is 151 cm³/mol. The molecule has 0 fully saturated rings. The molecule has 1 unspecified atom stereocenters. The molecular formula is C32H35NO5. The summed E-state index contributed by atoms with van der Waals surface area (Å²) in [5.41, 5.74) is 2.67. The van der Waals surface area contributed by atoms with Crippen LogP contribution in [0.3, 0.4) is 0 Å². The first kappa shape index (κ1) is 27.3. The zero-order chi connectivity index (χ0) is 27.3. The number of hydrogen-bond donors (Lipinski definition) is 4. The zero-order valence-corrected chi connectivity index (χ0v) is 22.0. The molecule has 0 aliphatic heterocycles. The first-order valence-electron chi connectivity index (χ1n) is 12.8. The third kappa shape index (κ3) is 6.58. The van der Waals surface area contributed by atoms with Gasteiger partial charge in [-0.25, -0.2) is 4.79 Å². The summed E-state index contributed by atoms with van der Waals surface area (Å²) in [7, 11) is 0. The van der Waals surface area contributed by atoms with Gasteiger partial charge in [0, 0.05) is 17.6 Å². The normalized spacial score (nSPS) is 13.4. The fourth-order valence-electron chi connectivity index (χ4n) is 4.77. The maximum atomic E-state index is 11.6. The number of carboxylic acids is 1. The number of β-amino-alcohol motifs (C(OH)–C–C–N with tert-alkyl or cyclic N) is 1. The summed E-state index contributed by atoms with van der Waals surface area (Å²) in [5.74, 6) is -1.54. The molecular weight excluding hydrogens is 478 g/mol. The fourth-order valence-corrected chi connectivity index (χ4v) is 4.77. The number of aliphatic hydroxyl groups excluding tert-OH is 1. The highest BCUT2D eigenvalue weighted by atomic mass is 16.5. The second kappa shape index (κ2) is 11.8. The molecule has 0 saturated carbocycles. The van der Waals surface area contributed by atoms with Crippen LogP contribution >= 0.6 is 0 Å². The minimum atomic E-state index is -1.21. The Balaban J connectivity index is 1.39. The van der Waals surface area contributed by atoms with E-state index in [1.807, 2.05) is 42.5 Å². The van der Waals surface area contributed by atoms with Crippen molar-refractivity contribution >= 4 is 16.7 Å². The van der Waals surface area contributed by atoms with E-state index in [4.69, 9.17) is 4.74 Å². The summed E-state index contributed by atoms with van der Waals surface area (Å²) >= 11 is 0. The lowest BCUT2D eigenvalue weighted by Crippen LogP contribution is -2.46. The molecule has 198 valence electrons. The maximum absolute atomic E-state index is 11.6. The topological polar surface area (TPSA) is 99.0 Å². The third-order valence-corrected chi connectivity index (χ3v) is 6.75. The van der Waals surface area contributed by atoms with Crippen LogP contribution in [0.15, 0.2) is 84.9 Å². The number of ether oxygens (including phenoxy) is 1. The molecule has 0 bridgehead atoms. The van der Waals surface area contributed by atoms with Crippen molar-refractivity contribution in [1.29, 1.82) is 0 Å². The van der Waals surface area contributed by atoms with Gasteiger partial charge >= 0.3 is 5.97 Å². The lowest BCUT2D eigenvalue weighted by atomic mass is 9.93. The molecule has 0 aliphatic rings. The van der Waals surface area contributed by atoms with Crippen molar-refractivity contribution in [3.05, 3.63) is 102 Å². The number of aliphatic hydroxyl groups is 1. The highest BCUT2D eigenvalue weighted by molar-refractivity contribution is 5.93. The van der Waals surface area contributed by atoms with E-state index in [1.54, 1.807) is 13.0 Å². The number of aromatic hydroxyl groups is 1. The SMILES string of the molecule is CC(OC[C@H](O)CNC(C)(C)Cc1ccc2ccccc2c1)c1c(-c2ccccc2)ccc(C(=O)O)c1O. The first-order chi connectivity index (χ1) is 18.1. The van der Waals surface area contributed by atoms with Crippen molar-refractivity contribution in [3.8, 4) is 16.9 Å². The number of phenols is 1. The first-order valence-corrected chi connectivity index (χ1v) is 12.8. The van der Waals surface area contributed by atoms with E-state index >= 15 is 0 Å². The third-order valence-electron chi connectivity index (χ3n) is 6.75. The molecule has 0 radical (unpaired) electrons. The Kier molecular flexibility index (Phi) is 8.47. The van der Waals surface area contributed by atoms with Gasteiger partial charge < -0.3 is 25.4 Å². The molecule has 0 amide bonds. The van der Waals surface area contributed by atoms with E-state index in [2.05, 4.69) is 49.5 Å². The highest BCUT2D eigenvalue weighted by Crippen LogP contribution is 2.38. The van der Waals surface area contributed by atoms with Crippen LogP contribution in [-0.4, -0.2) is 46.1 Å². The van der Waals surface area contributed by atoms with Gasteiger partial charge in [-0.2, -0.15) is 0 Å². The van der Waals surface area contributed by atoms with Gasteiger partial charge in [0.25, 0.3) is 0 Å². The fraction of sp³-hybridized carbons (Fsp3) is 0.281. The molecule has 4 aromatic rings. The van der Waals surface area contributed by atoms with Crippen molar-refractivity contribution in [3.63, 3.8) is 0 Å². The number of rotatable bonds is 11. The van der Waals surface area contributed by atoms with Gasteiger partial charge in [0.05, 0.1) is 18.8 Å². The lowest BCUT2D eigenvalue weighted by molar-refractivity contribution is -0.00477. The van der Waals surface area contributed by atoms with Gasteiger partial charge in [-0.15, -0.1) is 0 Å². The Bertz CT molecular complexity index is 1400. The number of carbonyl (C=O) groups is 1. The summed E-state index contributed by atoms with van der Waals surface area (Å²) in [5, 5.41) is 36.8. The molecule has 0 saturated heterocycles. The standard InChI is InChI=1S/C32H35NO5/c1-21(29-27(24-10-5-4-6-11-24)15-16-28(30(29)35)31(36)37)38-20-26(34)19-33-32(2,3)18-22-13-14-23-9-7-8-12-25(23)17-22/h4-17,21,26,33-35H,18-20H2,1-3H3,(H,36,37)/t21?,26-/m1/s1. The molecule has 0 aliphatic carbocycles. The molecule has 6 heteroatoms. The van der Waals surface area contributed by atoms with E-state index < -0.39 is 18.2 Å². The molecule has 6 nitrogen and oxygen atoms in total. The zero-order valence-electron chi connectivity index (χ0n) is 22.0. The van der Waals surface area contributed by atoms with Crippen LogP contribution in [0.4, 0.5) is 0 Å². The second-order valence-corrected chi connectivity index (χ2v) is 10.3. The summed E-state index contributed by atoms with van der Waals surface area (Å²) in [6.45, 7) is 6.28. The minimum Gasteiger partial charge on any atom is -0.507 e. The van der Waals surface area contributed by atoms with Gasteiger partial charge in [-0.1, -0.05) is 78.9 Å². The molecule has 4 rings (SSSR count). The Morgan fingerprint density at radius 3 is 2.34 bits per heavy atom. The quantitative estimate of drug-likeness (QED) is 0.198. The average Bonchev–Trinajstić information content (AvgIpc) is 2.90. The molecule has 2 atom stereocenters. The van der Waals surface area contributed by atoms with Gasteiger partial charge in [-0.3, -0.25) is 0 Å². The summed E-state index contributed by atoms with van der Waals surface area (Å²) in [4.78, 5) is 11.6. The number of benzene rings is 4. The van der Waals surface area contributed by atoms with Gasteiger partial charge in [0.1, 0.15) is 11.3 Å². The molecule has 4 aromatic carbocycles. The second-order valence-electron chi connectivity index (χ2n) is 10.3. The van der Waals surface area contributed by atoms with Crippen molar-refractivity contribution in [2.75, 3.05) is 13.2 Å². The van der Waals surface area contributed by atoms with Crippen molar-refractivity contribution < 1.29 is 24.9 Å². The number of hydrogen-bond acceptors (Lipinski definition) is 5. The summed E-state index contributed by atoms with van der Waals surface area (Å²) < 4.78 is 5.96. The largest absolute Gasteiger partial charge is 0.507 e. The van der Waals surface area contributed by atoms with Crippen LogP contribution in [-0.2, 0) is 11.2 Å². The average molecular weight is 514 g/mol. The van der Waals surface area contributed by atoms with E-state index in [1.165, 1.54) is 22.4 Å². The van der Waals surface area contributed by atoms with Crippen LogP contribution in [0, 0.1) is 0 Å². The van der Waals surface area contributed by atoms with Gasteiger partial charge in [0.2, 0.25) is 0 Å². The number of aromatic carboxylic acids is 1. The lowest BCUT2D eigenvalue weighted by Gasteiger charge is -2.28. The van der Waals surface area contributed by atoms with Crippen LogP contribution < -0.4 is 5.32 Å². The van der Waals surface area contributed by atoms with Gasteiger partial charge in [0.15, 0.2) is 0 Å². The van der Waals surface area contributed by atoms with Crippen LogP contribution in [0.1, 0.15) is 48.4 Å². The van der Waals surface area contributed by atoms with E-state index in [9.17, 15) is 20.1 Å². The Morgan fingerprint density at radius 2 is 1.63 bits per heavy atom. The van der Waals surface area contributed by atoms with Crippen molar-refractivity contribution in [2.45, 2.75) is 44.9 Å². The molecule has 0 aromatic heterocycles. The van der Waals surface area contributed by atoms with Crippen LogP contribution in [0.2, 0.25) is 0 Å². The predicted octanol–water partition coefficient (Wildman–Crippen LogP) is 5.96. The number of nitrogens with one attached hydrogen (secondary N) is 1.